The molecule has 3 rings (SSSR count). The molecule has 0 saturated heterocycles. The van der Waals surface area contributed by atoms with Crippen molar-refractivity contribution in [1.82, 2.24) is 4.72 Å². The largest absolute Gasteiger partial charge is 0.454 e. The Labute approximate surface area is 169 Å². The molecule has 2 aromatic rings. The number of fused-ring (bicyclic) bond motifs is 1. The average Bonchev–Trinajstić information content (AvgIpc) is 2.96. The summed E-state index contributed by atoms with van der Waals surface area (Å²) in [6.45, 7) is 2.98. The molecule has 8 nitrogen and oxygen atoms in total. The van der Waals surface area contributed by atoms with E-state index in [0.29, 0.717) is 11.3 Å². The molecule has 29 heavy (non-hydrogen) atoms. The fourth-order valence-electron chi connectivity index (χ4n) is 2.87. The number of hydrogen-bond donors (Lipinski definition) is 2. The summed E-state index contributed by atoms with van der Waals surface area (Å²) < 4.78 is 31.5. The summed E-state index contributed by atoms with van der Waals surface area (Å²) in [5, 5.41) is 2.71. The average molecular weight is 415 g/mol. The summed E-state index contributed by atoms with van der Waals surface area (Å²) in [6.07, 6.45) is 0.752. The maximum Gasteiger partial charge on any atom is 0.331 e. The Morgan fingerprint density at radius 1 is 1.14 bits per heavy atom. The predicted octanol–water partition coefficient (Wildman–Crippen LogP) is 1.86. The van der Waals surface area contributed by atoms with Gasteiger partial charge in [-0.05, 0) is 37.1 Å². The van der Waals surface area contributed by atoms with Gasteiger partial charge in [-0.1, -0.05) is 37.3 Å². The number of esters is 1. The van der Waals surface area contributed by atoms with E-state index in [0.717, 1.165) is 12.0 Å². The minimum Gasteiger partial charge on any atom is -0.454 e. The summed E-state index contributed by atoms with van der Waals surface area (Å²) in [7, 11) is -3.69. The van der Waals surface area contributed by atoms with Crippen molar-refractivity contribution >= 4 is 33.4 Å². The number of amidine groups is 1. The van der Waals surface area contributed by atoms with Crippen LogP contribution in [0.3, 0.4) is 0 Å². The van der Waals surface area contributed by atoms with Crippen molar-refractivity contribution in [3.8, 4) is 0 Å². The number of sulfonamides is 1. The van der Waals surface area contributed by atoms with Crippen LogP contribution >= 0.6 is 0 Å². The molecule has 0 fully saturated rings. The molecule has 1 atom stereocenters. The van der Waals surface area contributed by atoms with Crippen LogP contribution in [0.5, 0.6) is 0 Å². The van der Waals surface area contributed by atoms with E-state index in [1.165, 1.54) is 13.0 Å². The monoisotopic (exact) mass is 415 g/mol. The van der Waals surface area contributed by atoms with Crippen molar-refractivity contribution in [2.24, 2.45) is 4.99 Å². The lowest BCUT2D eigenvalue weighted by atomic mass is 10.1. The number of hydrogen-bond acceptors (Lipinski definition) is 6. The number of aliphatic imine (C=N–C) groups is 1. The first-order chi connectivity index (χ1) is 13.8. The zero-order chi connectivity index (χ0) is 21.0. The second-order valence-corrected chi connectivity index (χ2v) is 8.07. The van der Waals surface area contributed by atoms with Gasteiger partial charge in [-0.15, -0.1) is 0 Å². The second-order valence-electron chi connectivity index (χ2n) is 6.42. The van der Waals surface area contributed by atoms with E-state index in [2.05, 4.69) is 15.0 Å². The van der Waals surface area contributed by atoms with E-state index in [1.54, 1.807) is 30.3 Å². The van der Waals surface area contributed by atoms with E-state index >= 15 is 0 Å². The normalized spacial score (nSPS) is 16.6. The Morgan fingerprint density at radius 2 is 1.83 bits per heavy atom. The molecule has 0 bridgehead atoms. The maximum atomic E-state index is 12.2. The van der Waals surface area contributed by atoms with Gasteiger partial charge >= 0.3 is 5.97 Å². The van der Waals surface area contributed by atoms with Crippen molar-refractivity contribution in [3.63, 3.8) is 0 Å². The molecule has 152 valence electrons. The van der Waals surface area contributed by atoms with Gasteiger partial charge in [0.2, 0.25) is 0 Å². The van der Waals surface area contributed by atoms with Crippen LogP contribution in [0.2, 0.25) is 0 Å². The third-order valence-electron chi connectivity index (χ3n) is 4.34. The Bertz CT molecular complexity index is 1080. The first-order valence-corrected chi connectivity index (χ1v) is 10.5. The van der Waals surface area contributed by atoms with Gasteiger partial charge in [-0.2, -0.15) is 0 Å². The smallest absolute Gasteiger partial charge is 0.331 e. The van der Waals surface area contributed by atoms with Crippen LogP contribution in [0.15, 0.2) is 58.4 Å². The van der Waals surface area contributed by atoms with Crippen molar-refractivity contribution in [1.29, 1.82) is 0 Å². The maximum absolute atomic E-state index is 12.2. The molecule has 1 heterocycles. The summed E-state index contributed by atoms with van der Waals surface area (Å²) in [5.41, 5.74) is 2.03. The number of benzene rings is 2. The number of para-hydroxylation sites is 1. The standard InChI is InChI=1S/C20H21N3O5S/c1-3-14-8-4-6-10-16(14)22-18(24)12-28-20(25)13(2)21-19-15-9-5-7-11-17(15)29(26,27)23-19/h4-11,13H,3,12H2,1-2H3,(H,21,23)(H,22,24)/t13-/m0/s1. The topological polar surface area (TPSA) is 114 Å². The zero-order valence-electron chi connectivity index (χ0n) is 16.0. The number of ether oxygens (including phenoxy) is 1. The van der Waals surface area contributed by atoms with Crippen LogP contribution < -0.4 is 10.0 Å². The molecular formula is C20H21N3O5S. The van der Waals surface area contributed by atoms with Crippen molar-refractivity contribution in [2.45, 2.75) is 31.2 Å². The van der Waals surface area contributed by atoms with Crippen LogP contribution in [-0.2, 0) is 30.8 Å². The summed E-state index contributed by atoms with van der Waals surface area (Å²) in [6, 6.07) is 12.7. The van der Waals surface area contributed by atoms with E-state index in [-0.39, 0.29) is 10.7 Å². The molecule has 1 aliphatic heterocycles. The molecule has 0 aliphatic carbocycles. The summed E-state index contributed by atoms with van der Waals surface area (Å²) in [4.78, 5) is 28.5. The van der Waals surface area contributed by atoms with Gasteiger partial charge in [0, 0.05) is 11.3 Å². The van der Waals surface area contributed by atoms with Crippen LogP contribution in [0.4, 0.5) is 5.69 Å². The zero-order valence-corrected chi connectivity index (χ0v) is 16.8. The van der Waals surface area contributed by atoms with E-state index < -0.39 is 34.5 Å². The number of anilines is 1. The third kappa shape index (κ3) is 4.62. The number of carbonyl (C=O) groups excluding carboxylic acids is 2. The van der Waals surface area contributed by atoms with Crippen molar-refractivity contribution < 1.29 is 22.7 Å². The fraction of sp³-hybridized carbons (Fsp3) is 0.250. The summed E-state index contributed by atoms with van der Waals surface area (Å²) in [5.74, 6) is -1.13. The molecule has 1 amide bonds. The molecule has 0 spiro atoms. The molecule has 0 unspecified atom stereocenters. The number of nitrogens with one attached hydrogen (secondary N) is 2. The molecule has 9 heteroatoms. The highest BCUT2D eigenvalue weighted by Crippen LogP contribution is 2.22. The van der Waals surface area contributed by atoms with E-state index in [1.807, 2.05) is 19.1 Å². The molecule has 1 aliphatic rings. The van der Waals surface area contributed by atoms with Gasteiger partial charge in [0.15, 0.2) is 6.61 Å². The van der Waals surface area contributed by atoms with Gasteiger partial charge in [0.25, 0.3) is 15.9 Å². The minimum absolute atomic E-state index is 0.0753. The molecule has 0 radical (unpaired) electrons. The fourth-order valence-corrected chi connectivity index (χ4v) is 4.11. The highest BCUT2D eigenvalue weighted by molar-refractivity contribution is 7.90. The highest BCUT2D eigenvalue weighted by Gasteiger charge is 2.31. The first-order valence-electron chi connectivity index (χ1n) is 9.06. The lowest BCUT2D eigenvalue weighted by molar-refractivity contribution is -0.148. The second kappa shape index (κ2) is 8.44. The number of rotatable bonds is 6. The number of nitrogens with zero attached hydrogens (tertiary/aromatic N) is 1. The predicted molar refractivity (Wildman–Crippen MR) is 108 cm³/mol. The van der Waals surface area contributed by atoms with Gasteiger partial charge in [-0.3, -0.25) is 14.5 Å². The first kappa shape index (κ1) is 20.5. The quantitative estimate of drug-likeness (QED) is 0.699. The van der Waals surface area contributed by atoms with Crippen LogP contribution in [0.1, 0.15) is 25.0 Å². The van der Waals surface area contributed by atoms with Crippen molar-refractivity contribution in [2.75, 3.05) is 11.9 Å². The van der Waals surface area contributed by atoms with Gasteiger partial charge in [0.05, 0.1) is 4.90 Å². The molecule has 2 aromatic carbocycles. The number of amides is 1. The van der Waals surface area contributed by atoms with Crippen LogP contribution in [0.25, 0.3) is 0 Å². The van der Waals surface area contributed by atoms with Gasteiger partial charge in [0.1, 0.15) is 11.9 Å². The third-order valence-corrected chi connectivity index (χ3v) is 5.74. The van der Waals surface area contributed by atoms with Gasteiger partial charge < -0.3 is 10.1 Å². The number of carbonyl (C=O) groups is 2. The van der Waals surface area contributed by atoms with Gasteiger partial charge in [-0.25, -0.2) is 13.2 Å². The minimum atomic E-state index is -3.69. The molecule has 0 aromatic heterocycles. The highest BCUT2D eigenvalue weighted by atomic mass is 32.2. The molecular weight excluding hydrogens is 394 g/mol. The SMILES string of the molecule is CCc1ccccc1NC(=O)COC(=O)[C@H](C)N=C1NS(=O)(=O)c2ccccc21. The van der Waals surface area contributed by atoms with Crippen molar-refractivity contribution in [3.05, 3.63) is 59.7 Å². The Kier molecular flexibility index (Phi) is 5.97. The Morgan fingerprint density at radius 3 is 2.59 bits per heavy atom. The van der Waals surface area contributed by atoms with Crippen LogP contribution in [0, 0.1) is 0 Å². The van der Waals surface area contributed by atoms with E-state index in [9.17, 15) is 18.0 Å². The Hall–Kier alpha value is -3.20. The molecule has 2 N–H and O–H groups in total. The van der Waals surface area contributed by atoms with E-state index in [4.69, 9.17) is 4.74 Å². The number of aryl methyl sites for hydroxylation is 1. The lowest BCUT2D eigenvalue weighted by Gasteiger charge is -2.11. The summed E-state index contributed by atoms with van der Waals surface area (Å²) >= 11 is 0. The lowest BCUT2D eigenvalue weighted by Crippen LogP contribution is -2.29. The van der Waals surface area contributed by atoms with Crippen LogP contribution in [-0.4, -0.2) is 38.8 Å². The molecule has 0 saturated carbocycles. The Balaban J connectivity index is 1.62.